The van der Waals surface area contributed by atoms with E-state index in [1.807, 2.05) is 13.8 Å². The molecule has 0 radical (unpaired) electrons. The average molecular weight is 98.1 g/mol. The predicted octanol–water partition coefficient (Wildman–Crippen LogP) is 0.837. The SMILES string of the molecule is CC(C)=C1OC1=O. The van der Waals surface area contributed by atoms with Crippen LogP contribution in [0.3, 0.4) is 0 Å². The van der Waals surface area contributed by atoms with Gasteiger partial charge in [0.1, 0.15) is 0 Å². The molecule has 1 fully saturated rings. The fraction of sp³-hybridized carbons (Fsp3) is 0.400. The van der Waals surface area contributed by atoms with Gasteiger partial charge in [0.2, 0.25) is 5.76 Å². The monoisotopic (exact) mass is 98.0 g/mol. The third-order valence-electron chi connectivity index (χ3n) is 0.793. The van der Waals surface area contributed by atoms with Gasteiger partial charge in [0.15, 0.2) is 0 Å². The number of carbonyl (C=O) groups is 1. The summed E-state index contributed by atoms with van der Waals surface area (Å²) in [4.78, 5) is 10.0. The highest BCUT2D eigenvalue weighted by atomic mass is 16.6. The maximum Gasteiger partial charge on any atom is 0.379 e. The second-order valence-electron chi connectivity index (χ2n) is 1.72. The van der Waals surface area contributed by atoms with E-state index in [0.29, 0.717) is 5.76 Å². The van der Waals surface area contributed by atoms with E-state index < -0.39 is 0 Å². The van der Waals surface area contributed by atoms with Crippen molar-refractivity contribution in [2.75, 3.05) is 0 Å². The Kier molecular flexibility index (Phi) is 0.680. The number of epoxide rings is 1. The lowest BCUT2D eigenvalue weighted by Gasteiger charge is -1.70. The third kappa shape index (κ3) is 0.633. The van der Waals surface area contributed by atoms with E-state index in [1.54, 1.807) is 0 Å². The van der Waals surface area contributed by atoms with Crippen molar-refractivity contribution in [3.05, 3.63) is 11.3 Å². The summed E-state index contributed by atoms with van der Waals surface area (Å²) in [5.41, 5.74) is 0.963. The van der Waals surface area contributed by atoms with E-state index in [9.17, 15) is 4.79 Å². The molecule has 0 N–H and O–H groups in total. The number of allylic oxidation sites excluding steroid dienone is 1. The van der Waals surface area contributed by atoms with Crippen molar-refractivity contribution in [2.45, 2.75) is 13.8 Å². The Hall–Kier alpha value is -0.790. The van der Waals surface area contributed by atoms with Crippen molar-refractivity contribution < 1.29 is 9.53 Å². The molecule has 1 aliphatic rings. The Labute approximate surface area is 41.8 Å². The van der Waals surface area contributed by atoms with Crippen LogP contribution in [0, 0.1) is 0 Å². The number of cyclic esters (lactones) is 1. The highest BCUT2D eigenvalue weighted by Gasteiger charge is 2.30. The Bertz CT molecular complexity index is 140. The smallest absolute Gasteiger partial charge is 0.379 e. The van der Waals surface area contributed by atoms with E-state index in [4.69, 9.17) is 0 Å². The summed E-state index contributed by atoms with van der Waals surface area (Å²) in [7, 11) is 0. The molecule has 0 atom stereocenters. The summed E-state index contributed by atoms with van der Waals surface area (Å²) < 4.78 is 4.42. The number of ether oxygens (including phenoxy) is 1. The van der Waals surface area contributed by atoms with Gasteiger partial charge in [-0.25, -0.2) is 4.79 Å². The Balaban J connectivity index is 2.78. The van der Waals surface area contributed by atoms with E-state index in [-0.39, 0.29) is 5.97 Å². The third-order valence-corrected chi connectivity index (χ3v) is 0.793. The molecule has 1 rings (SSSR count). The molecular weight excluding hydrogens is 92.1 g/mol. The molecule has 0 aromatic carbocycles. The molecule has 0 saturated carbocycles. The standard InChI is InChI=1S/C5H6O2/c1-3(2)4-5(6)7-4/h1-2H3. The predicted molar refractivity (Wildman–Crippen MR) is 24.5 cm³/mol. The number of hydrogen-bond acceptors (Lipinski definition) is 2. The lowest BCUT2D eigenvalue weighted by Crippen LogP contribution is -1.62. The summed E-state index contributed by atoms with van der Waals surface area (Å²) in [5.74, 6) is 0.375. The molecule has 2 heteroatoms. The van der Waals surface area contributed by atoms with Crippen LogP contribution in [0.15, 0.2) is 11.3 Å². The maximum atomic E-state index is 10.0. The fourth-order valence-electron chi connectivity index (χ4n) is 0.373. The molecule has 7 heavy (non-hydrogen) atoms. The number of carbonyl (C=O) groups excluding carboxylic acids is 1. The zero-order valence-corrected chi connectivity index (χ0v) is 4.32. The molecule has 2 nitrogen and oxygen atoms in total. The van der Waals surface area contributed by atoms with Crippen molar-refractivity contribution in [2.24, 2.45) is 0 Å². The summed E-state index contributed by atoms with van der Waals surface area (Å²) in [6.07, 6.45) is 0. The van der Waals surface area contributed by atoms with Crippen molar-refractivity contribution >= 4 is 5.97 Å². The van der Waals surface area contributed by atoms with Gasteiger partial charge in [0.25, 0.3) is 0 Å². The van der Waals surface area contributed by atoms with Crippen LogP contribution in [0.4, 0.5) is 0 Å². The van der Waals surface area contributed by atoms with Gasteiger partial charge in [0.05, 0.1) is 0 Å². The first-order chi connectivity index (χ1) is 3.22. The van der Waals surface area contributed by atoms with Crippen LogP contribution in [0.25, 0.3) is 0 Å². The zero-order valence-electron chi connectivity index (χ0n) is 4.32. The van der Waals surface area contributed by atoms with E-state index >= 15 is 0 Å². The van der Waals surface area contributed by atoms with Crippen molar-refractivity contribution in [1.82, 2.24) is 0 Å². The van der Waals surface area contributed by atoms with Gasteiger partial charge in [-0.3, -0.25) is 0 Å². The fourth-order valence-corrected chi connectivity index (χ4v) is 0.373. The van der Waals surface area contributed by atoms with E-state index in [0.717, 1.165) is 5.57 Å². The number of rotatable bonds is 0. The summed E-state index contributed by atoms with van der Waals surface area (Å²) in [5, 5.41) is 0. The van der Waals surface area contributed by atoms with Gasteiger partial charge in [-0.15, -0.1) is 0 Å². The molecule has 0 aromatic rings. The molecule has 0 aliphatic carbocycles. The Morgan fingerprint density at radius 3 is 2.00 bits per heavy atom. The summed E-state index contributed by atoms with van der Waals surface area (Å²) in [6, 6.07) is 0. The minimum absolute atomic E-state index is 0.167. The van der Waals surface area contributed by atoms with E-state index in [1.165, 1.54) is 0 Å². The lowest BCUT2D eigenvalue weighted by molar-refractivity contribution is -0.117. The molecule has 1 saturated heterocycles. The maximum absolute atomic E-state index is 10.0. The van der Waals surface area contributed by atoms with Gasteiger partial charge in [-0.05, 0) is 19.4 Å². The van der Waals surface area contributed by atoms with Crippen LogP contribution in [-0.4, -0.2) is 5.97 Å². The van der Waals surface area contributed by atoms with Crippen molar-refractivity contribution in [3.8, 4) is 0 Å². The first-order valence-corrected chi connectivity index (χ1v) is 2.11. The second-order valence-corrected chi connectivity index (χ2v) is 1.72. The minimum atomic E-state index is -0.167. The topological polar surface area (TPSA) is 29.6 Å². The van der Waals surface area contributed by atoms with Gasteiger partial charge < -0.3 is 4.74 Å². The van der Waals surface area contributed by atoms with E-state index in [2.05, 4.69) is 4.74 Å². The average Bonchev–Trinajstić information content (AvgIpc) is 2.17. The van der Waals surface area contributed by atoms with Crippen LogP contribution >= 0.6 is 0 Å². The van der Waals surface area contributed by atoms with Gasteiger partial charge in [-0.2, -0.15) is 0 Å². The summed E-state index contributed by atoms with van der Waals surface area (Å²) in [6.45, 7) is 3.69. The molecule has 0 unspecified atom stereocenters. The highest BCUT2D eigenvalue weighted by molar-refractivity contribution is 6.01. The molecule has 1 heterocycles. The molecule has 38 valence electrons. The second kappa shape index (κ2) is 1.09. The van der Waals surface area contributed by atoms with Crippen LogP contribution in [0.5, 0.6) is 0 Å². The molecule has 0 bridgehead atoms. The van der Waals surface area contributed by atoms with Crippen LogP contribution < -0.4 is 0 Å². The molecule has 1 aliphatic heterocycles. The van der Waals surface area contributed by atoms with Crippen LogP contribution in [0.1, 0.15) is 13.8 Å². The number of hydrogen-bond donors (Lipinski definition) is 0. The highest BCUT2D eigenvalue weighted by Crippen LogP contribution is 2.20. The first kappa shape index (κ1) is 4.37. The van der Waals surface area contributed by atoms with Crippen molar-refractivity contribution in [1.29, 1.82) is 0 Å². The molecule has 0 amide bonds. The first-order valence-electron chi connectivity index (χ1n) is 2.11. The van der Waals surface area contributed by atoms with Gasteiger partial charge in [-0.1, -0.05) is 0 Å². The summed E-state index contributed by atoms with van der Waals surface area (Å²) >= 11 is 0. The lowest BCUT2D eigenvalue weighted by atomic mass is 10.3. The van der Waals surface area contributed by atoms with Gasteiger partial charge in [0, 0.05) is 0 Å². The minimum Gasteiger partial charge on any atom is -0.413 e. The molecule has 0 spiro atoms. The zero-order chi connectivity index (χ0) is 5.44. The van der Waals surface area contributed by atoms with Crippen molar-refractivity contribution in [3.63, 3.8) is 0 Å². The Morgan fingerprint density at radius 2 is 2.00 bits per heavy atom. The van der Waals surface area contributed by atoms with Crippen LogP contribution in [-0.2, 0) is 9.53 Å². The van der Waals surface area contributed by atoms with Crippen LogP contribution in [0.2, 0.25) is 0 Å². The molecular formula is C5H6O2. The molecule has 0 aromatic heterocycles. The quantitative estimate of drug-likeness (QED) is 0.332. The normalized spacial score (nSPS) is 16.3. The van der Waals surface area contributed by atoms with Gasteiger partial charge >= 0.3 is 5.97 Å². The largest absolute Gasteiger partial charge is 0.413 e. The Morgan fingerprint density at radius 1 is 1.57 bits per heavy atom.